The Bertz CT molecular complexity index is 889. The number of furan rings is 1. The molecule has 0 bridgehead atoms. The number of hydrogen-bond donors (Lipinski definition) is 1. The van der Waals surface area contributed by atoms with E-state index in [2.05, 4.69) is 14.9 Å². The molecule has 138 valence electrons. The summed E-state index contributed by atoms with van der Waals surface area (Å²) in [5.74, 6) is 0.988. The van der Waals surface area contributed by atoms with Gasteiger partial charge in [-0.3, -0.25) is 4.90 Å². The van der Waals surface area contributed by atoms with E-state index in [9.17, 15) is 4.79 Å². The Morgan fingerprint density at radius 1 is 1.15 bits per heavy atom. The molecule has 1 aliphatic heterocycles. The molecule has 0 saturated carbocycles. The fourth-order valence-corrected chi connectivity index (χ4v) is 3.57. The summed E-state index contributed by atoms with van der Waals surface area (Å²) in [4.78, 5) is 22.1. The van der Waals surface area contributed by atoms with Crippen molar-refractivity contribution in [2.45, 2.75) is 19.4 Å². The lowest BCUT2D eigenvalue weighted by Gasteiger charge is -2.16. The van der Waals surface area contributed by atoms with Crippen LogP contribution in [0.1, 0.15) is 27.9 Å². The Morgan fingerprint density at radius 2 is 1.93 bits per heavy atom. The second kappa shape index (κ2) is 7.72. The molecule has 1 aromatic carbocycles. The first kappa shape index (κ1) is 17.4. The average Bonchev–Trinajstić information content (AvgIpc) is 3.35. The number of hydrogen-bond acceptors (Lipinski definition) is 5. The minimum Gasteiger partial charge on any atom is -0.478 e. The maximum Gasteiger partial charge on any atom is 0.335 e. The zero-order valence-corrected chi connectivity index (χ0v) is 14.9. The van der Waals surface area contributed by atoms with Gasteiger partial charge in [-0.1, -0.05) is 12.1 Å². The number of carboxylic acids is 1. The van der Waals surface area contributed by atoms with Crippen LogP contribution < -0.4 is 0 Å². The molecule has 0 unspecified atom stereocenters. The van der Waals surface area contributed by atoms with Crippen molar-refractivity contribution in [2.75, 3.05) is 13.1 Å². The number of aromatic nitrogens is 2. The summed E-state index contributed by atoms with van der Waals surface area (Å²) in [7, 11) is 0. The molecule has 1 saturated heterocycles. The Morgan fingerprint density at radius 3 is 2.59 bits per heavy atom. The lowest BCUT2D eigenvalue weighted by atomic mass is 9.98. The van der Waals surface area contributed by atoms with Crippen molar-refractivity contribution in [3.63, 3.8) is 0 Å². The van der Waals surface area contributed by atoms with Crippen molar-refractivity contribution in [2.24, 2.45) is 5.92 Å². The van der Waals surface area contributed by atoms with Gasteiger partial charge in [-0.2, -0.15) is 0 Å². The van der Waals surface area contributed by atoms with Gasteiger partial charge in [0.1, 0.15) is 0 Å². The Hall–Kier alpha value is -2.99. The molecule has 3 aromatic rings. The molecule has 1 fully saturated rings. The first-order valence-electron chi connectivity index (χ1n) is 9.07. The Kier molecular flexibility index (Phi) is 4.98. The van der Waals surface area contributed by atoms with Gasteiger partial charge in [-0.15, -0.1) is 0 Å². The number of carboxylic acid groups (broad SMARTS) is 1. The molecule has 6 heteroatoms. The summed E-state index contributed by atoms with van der Waals surface area (Å²) in [6.45, 7) is 2.92. The number of aromatic carboxylic acids is 1. The standard InChI is InChI=1S/C21H21N3O3/c25-21(26)18-5-3-15(4-6-18)10-16-7-8-24(13-16)14-17-11-22-20(23-12-17)19-2-1-9-27-19/h1-6,9,11-12,16H,7-8,10,13-14H2,(H,25,26)/t16-/m1/s1. The van der Waals surface area contributed by atoms with Crippen molar-refractivity contribution in [1.82, 2.24) is 14.9 Å². The maximum absolute atomic E-state index is 10.9. The minimum absolute atomic E-state index is 0.338. The SMILES string of the molecule is O=C(O)c1ccc(C[C@H]2CCN(Cc3cnc(-c4ccco4)nc3)C2)cc1. The van der Waals surface area contributed by atoms with Crippen LogP contribution in [0.3, 0.4) is 0 Å². The summed E-state index contributed by atoms with van der Waals surface area (Å²) in [6.07, 6.45) is 7.47. The topological polar surface area (TPSA) is 79.5 Å². The fourth-order valence-electron chi connectivity index (χ4n) is 3.57. The number of rotatable bonds is 6. The molecule has 27 heavy (non-hydrogen) atoms. The molecule has 1 atom stereocenters. The molecule has 3 heterocycles. The highest BCUT2D eigenvalue weighted by Crippen LogP contribution is 2.23. The molecular formula is C21H21N3O3. The smallest absolute Gasteiger partial charge is 0.335 e. The second-order valence-corrected chi connectivity index (χ2v) is 6.99. The third-order valence-corrected chi connectivity index (χ3v) is 4.95. The van der Waals surface area contributed by atoms with Gasteiger partial charge >= 0.3 is 5.97 Å². The van der Waals surface area contributed by atoms with Crippen molar-refractivity contribution < 1.29 is 14.3 Å². The Balaban J connectivity index is 1.31. The van der Waals surface area contributed by atoms with Gasteiger partial charge < -0.3 is 9.52 Å². The van der Waals surface area contributed by atoms with Gasteiger partial charge in [0, 0.05) is 31.0 Å². The lowest BCUT2D eigenvalue weighted by molar-refractivity contribution is 0.0697. The second-order valence-electron chi connectivity index (χ2n) is 6.99. The molecule has 4 rings (SSSR count). The molecular weight excluding hydrogens is 342 g/mol. The van der Waals surface area contributed by atoms with Gasteiger partial charge in [-0.25, -0.2) is 14.8 Å². The highest BCUT2D eigenvalue weighted by molar-refractivity contribution is 5.87. The van der Waals surface area contributed by atoms with E-state index in [-0.39, 0.29) is 0 Å². The van der Waals surface area contributed by atoms with Crippen LogP contribution in [-0.4, -0.2) is 39.0 Å². The molecule has 0 radical (unpaired) electrons. The summed E-state index contributed by atoms with van der Waals surface area (Å²) >= 11 is 0. The van der Waals surface area contributed by atoms with Crippen molar-refractivity contribution in [3.8, 4) is 11.6 Å². The highest BCUT2D eigenvalue weighted by Gasteiger charge is 2.23. The normalized spacial score (nSPS) is 17.3. The number of likely N-dealkylation sites (tertiary alicyclic amines) is 1. The van der Waals surface area contributed by atoms with Crippen LogP contribution in [0.5, 0.6) is 0 Å². The van der Waals surface area contributed by atoms with Gasteiger partial charge in [0.2, 0.25) is 0 Å². The zero-order chi connectivity index (χ0) is 18.6. The average molecular weight is 363 g/mol. The molecule has 0 amide bonds. The predicted octanol–water partition coefficient (Wildman–Crippen LogP) is 3.50. The summed E-state index contributed by atoms with van der Waals surface area (Å²) in [5, 5.41) is 8.98. The van der Waals surface area contributed by atoms with E-state index in [1.807, 2.05) is 36.7 Å². The lowest BCUT2D eigenvalue weighted by Crippen LogP contribution is -2.21. The van der Waals surface area contributed by atoms with E-state index >= 15 is 0 Å². The Labute approximate surface area is 157 Å². The van der Waals surface area contributed by atoms with E-state index in [0.29, 0.717) is 23.1 Å². The molecule has 0 aliphatic carbocycles. The summed E-state index contributed by atoms with van der Waals surface area (Å²) < 4.78 is 5.32. The first-order chi connectivity index (χ1) is 13.2. The van der Waals surface area contributed by atoms with Crippen LogP contribution in [0.15, 0.2) is 59.5 Å². The minimum atomic E-state index is -0.881. The van der Waals surface area contributed by atoms with Crippen LogP contribution in [0, 0.1) is 5.92 Å². The highest BCUT2D eigenvalue weighted by atomic mass is 16.4. The molecule has 1 aliphatic rings. The monoisotopic (exact) mass is 363 g/mol. The van der Waals surface area contributed by atoms with Crippen LogP contribution in [0.2, 0.25) is 0 Å². The van der Waals surface area contributed by atoms with Gasteiger partial charge in [0.15, 0.2) is 11.6 Å². The van der Waals surface area contributed by atoms with Crippen LogP contribution in [0.25, 0.3) is 11.6 Å². The van der Waals surface area contributed by atoms with Crippen LogP contribution in [-0.2, 0) is 13.0 Å². The zero-order valence-electron chi connectivity index (χ0n) is 14.9. The van der Waals surface area contributed by atoms with Crippen LogP contribution >= 0.6 is 0 Å². The van der Waals surface area contributed by atoms with Gasteiger partial charge in [-0.05, 0) is 55.1 Å². The maximum atomic E-state index is 10.9. The van der Waals surface area contributed by atoms with E-state index in [0.717, 1.165) is 38.0 Å². The number of nitrogens with zero attached hydrogens (tertiary/aromatic N) is 3. The summed E-state index contributed by atoms with van der Waals surface area (Å²) in [6, 6.07) is 10.9. The van der Waals surface area contributed by atoms with E-state index in [1.165, 1.54) is 5.56 Å². The van der Waals surface area contributed by atoms with Gasteiger partial charge in [0.25, 0.3) is 0 Å². The predicted molar refractivity (Wildman–Crippen MR) is 100 cm³/mol. The largest absolute Gasteiger partial charge is 0.478 e. The number of benzene rings is 1. The van der Waals surface area contributed by atoms with Crippen LogP contribution in [0.4, 0.5) is 0 Å². The van der Waals surface area contributed by atoms with Gasteiger partial charge in [0.05, 0.1) is 11.8 Å². The summed E-state index contributed by atoms with van der Waals surface area (Å²) in [5.41, 5.74) is 2.62. The van der Waals surface area contributed by atoms with Crippen molar-refractivity contribution in [3.05, 3.63) is 71.7 Å². The molecule has 6 nitrogen and oxygen atoms in total. The van der Waals surface area contributed by atoms with E-state index < -0.39 is 5.97 Å². The third kappa shape index (κ3) is 4.23. The first-order valence-corrected chi connectivity index (χ1v) is 9.07. The van der Waals surface area contributed by atoms with Crippen molar-refractivity contribution >= 4 is 5.97 Å². The van der Waals surface area contributed by atoms with E-state index in [1.54, 1.807) is 18.4 Å². The number of carbonyl (C=O) groups is 1. The fraction of sp³-hybridized carbons (Fsp3) is 0.286. The third-order valence-electron chi connectivity index (χ3n) is 4.95. The quantitative estimate of drug-likeness (QED) is 0.722. The van der Waals surface area contributed by atoms with E-state index in [4.69, 9.17) is 9.52 Å². The molecule has 2 aromatic heterocycles. The van der Waals surface area contributed by atoms with Crippen molar-refractivity contribution in [1.29, 1.82) is 0 Å². The molecule has 1 N–H and O–H groups in total. The molecule has 0 spiro atoms.